The van der Waals surface area contributed by atoms with E-state index in [1.54, 1.807) is 76.4 Å². The molecule has 0 radical (unpaired) electrons. The van der Waals surface area contributed by atoms with Crippen LogP contribution in [-0.4, -0.2) is 149 Å². The number of H-pyrrole nitrogens is 1. The zero-order chi connectivity index (χ0) is 61.3. The molecule has 0 spiro atoms. The molecule has 2 heterocycles. The molecular formula is C59H84N14O10S. The summed E-state index contributed by atoms with van der Waals surface area (Å²) in [6.07, 6.45) is 4.26. The highest BCUT2D eigenvalue weighted by Gasteiger charge is 2.38. The van der Waals surface area contributed by atoms with Gasteiger partial charge in [-0.3, -0.25) is 53.6 Å². The second-order valence-corrected chi connectivity index (χ2v) is 22.6. The third-order valence-electron chi connectivity index (χ3n) is 14.3. The van der Waals surface area contributed by atoms with E-state index in [0.717, 1.165) is 10.9 Å². The van der Waals surface area contributed by atoms with Crippen LogP contribution in [0.2, 0.25) is 0 Å². The third kappa shape index (κ3) is 21.1. The van der Waals surface area contributed by atoms with Crippen LogP contribution in [0, 0.1) is 11.8 Å². The standard InChI is InChI=1S/C59H84N14O10S/c1-34(2)49-57(82)67-43(25-29-84-5)53(78)68-45(32-38-33-64-41-17-10-9-16-40(38)41)52(77)51(76)42(18-11-12-26-60)66-48(75)24-28-65-73-44(19-13-27-63-59(61)62)54(79)69-46(30-36-14-7-6-8-15-36)55(80)70-47(31-37-20-22-39(74)23-21-37)56(81)71-50(35(3)4)58(83)72-49/h6-10,14-17,20-23,33-35,42-47,49-50,64-65,73-74H,11-13,18-19,24-32,60H2,1-5H3,(H,66,75)(H,67,82)(H,68,78)(H,69,79)(H,70,80)(H,71,81)(H,72,83)(H4,61,62,63)/t42-,43?,44-,45-,46?,47-,49-,50?/m0/s1. The Morgan fingerprint density at radius 3 is 1.75 bits per heavy atom. The molecule has 0 bridgehead atoms. The Morgan fingerprint density at radius 1 is 0.583 bits per heavy atom. The van der Waals surface area contributed by atoms with Crippen molar-refractivity contribution in [2.45, 2.75) is 140 Å². The van der Waals surface area contributed by atoms with Gasteiger partial charge < -0.3 is 64.5 Å². The van der Waals surface area contributed by atoms with E-state index in [9.17, 15) is 48.3 Å². The van der Waals surface area contributed by atoms with E-state index in [1.807, 2.05) is 30.5 Å². The molecule has 1 saturated heterocycles. The van der Waals surface area contributed by atoms with Crippen molar-refractivity contribution in [1.82, 2.24) is 53.1 Å². The molecule has 1 aromatic heterocycles. The van der Waals surface area contributed by atoms with Gasteiger partial charge in [-0.1, -0.05) is 88.4 Å². The second kappa shape index (κ2) is 34.0. The smallest absolute Gasteiger partial charge is 0.243 e. The normalized spacial score (nSPS) is 22.6. The lowest BCUT2D eigenvalue weighted by molar-refractivity contribution is -0.141. The van der Waals surface area contributed by atoms with E-state index in [-0.39, 0.29) is 82.7 Å². The van der Waals surface area contributed by atoms with Crippen LogP contribution in [0.25, 0.3) is 10.9 Å². The third-order valence-corrected chi connectivity index (χ3v) is 14.9. The number of benzene rings is 3. The molecule has 7 amide bonds. The number of aromatic nitrogens is 1. The number of phenols is 1. The van der Waals surface area contributed by atoms with Crippen molar-refractivity contribution in [1.29, 1.82) is 0 Å². The highest BCUT2D eigenvalue weighted by atomic mass is 32.2. The number of aromatic hydroxyl groups is 1. The minimum Gasteiger partial charge on any atom is -0.508 e. The van der Waals surface area contributed by atoms with Gasteiger partial charge in [-0.2, -0.15) is 11.8 Å². The molecule has 24 nitrogen and oxygen atoms in total. The van der Waals surface area contributed by atoms with Crippen LogP contribution in [-0.2, 0) is 62.4 Å². The first-order valence-electron chi connectivity index (χ1n) is 28.5. The largest absolute Gasteiger partial charge is 0.508 e. The number of phenolic OH excluding ortho intramolecular Hbond substituents is 1. The molecule has 456 valence electrons. The Bertz CT molecular complexity index is 2880. The number of amides is 7. The summed E-state index contributed by atoms with van der Waals surface area (Å²) in [5.74, 6) is -8.07. The summed E-state index contributed by atoms with van der Waals surface area (Å²) in [7, 11) is 0. The lowest BCUT2D eigenvalue weighted by Crippen LogP contribution is -2.62. The minimum atomic E-state index is -1.48. The summed E-state index contributed by atoms with van der Waals surface area (Å²) < 4.78 is 0. The van der Waals surface area contributed by atoms with Crippen molar-refractivity contribution in [2.24, 2.45) is 34.0 Å². The maximum atomic E-state index is 14.7. The van der Waals surface area contributed by atoms with Crippen LogP contribution in [0.3, 0.4) is 0 Å². The van der Waals surface area contributed by atoms with Gasteiger partial charge in [-0.05, 0) is 104 Å². The molecular weight excluding hydrogens is 1100 g/mol. The maximum Gasteiger partial charge on any atom is 0.243 e. The number of fused-ring (bicyclic) bond motifs is 1. The number of aromatic amines is 1. The summed E-state index contributed by atoms with van der Waals surface area (Å²) in [4.78, 5) is 138. The summed E-state index contributed by atoms with van der Waals surface area (Å²) in [5, 5.41) is 30.4. The van der Waals surface area contributed by atoms with E-state index >= 15 is 0 Å². The van der Waals surface area contributed by atoms with Gasteiger partial charge in [0.05, 0.1) is 18.1 Å². The Balaban J connectivity index is 1.58. The van der Waals surface area contributed by atoms with Crippen molar-refractivity contribution in [2.75, 3.05) is 31.6 Å². The number of hydrogen-bond acceptors (Lipinski definition) is 15. The number of hydrazine groups is 1. The van der Waals surface area contributed by atoms with Gasteiger partial charge in [-0.15, -0.1) is 0 Å². The van der Waals surface area contributed by atoms with E-state index in [2.05, 4.69) is 58.0 Å². The van der Waals surface area contributed by atoms with Crippen molar-refractivity contribution >= 4 is 81.5 Å². The number of nitrogens with two attached hydrogens (primary N) is 3. The lowest BCUT2D eigenvalue weighted by Gasteiger charge is -2.30. The van der Waals surface area contributed by atoms with Crippen molar-refractivity contribution in [3.8, 4) is 5.75 Å². The Morgan fingerprint density at radius 2 is 1.12 bits per heavy atom. The number of nitrogens with zero attached hydrogens (tertiary/aromatic N) is 1. The topological polar surface area (TPSA) is 388 Å². The summed E-state index contributed by atoms with van der Waals surface area (Å²) in [6, 6.07) is 11.7. The highest BCUT2D eigenvalue weighted by Crippen LogP contribution is 2.21. The van der Waals surface area contributed by atoms with Gasteiger partial charge in [0.2, 0.25) is 52.9 Å². The first-order chi connectivity index (χ1) is 40.2. The molecule has 5 rings (SSSR count). The fourth-order valence-corrected chi connectivity index (χ4v) is 10.0. The van der Waals surface area contributed by atoms with Gasteiger partial charge in [0, 0.05) is 55.9 Å². The zero-order valence-electron chi connectivity index (χ0n) is 48.5. The number of guanidine groups is 1. The molecule has 1 aliphatic heterocycles. The second-order valence-electron chi connectivity index (χ2n) is 21.6. The Hall–Kier alpha value is -7.87. The Kier molecular flexibility index (Phi) is 27.1. The number of aliphatic imine (C=N–C) groups is 1. The molecule has 3 unspecified atom stereocenters. The highest BCUT2D eigenvalue weighted by molar-refractivity contribution is 7.98. The van der Waals surface area contributed by atoms with Crippen molar-refractivity contribution in [3.05, 3.63) is 102 Å². The van der Waals surface area contributed by atoms with Crippen LogP contribution < -0.4 is 65.3 Å². The zero-order valence-corrected chi connectivity index (χ0v) is 49.3. The number of para-hydroxylation sites is 1. The van der Waals surface area contributed by atoms with Crippen LogP contribution >= 0.6 is 11.8 Å². The number of unbranched alkanes of at least 4 members (excludes halogenated alkanes) is 1. The molecule has 17 N–H and O–H groups in total. The van der Waals surface area contributed by atoms with E-state index < -0.39 is 113 Å². The van der Waals surface area contributed by atoms with Gasteiger partial charge in [0.1, 0.15) is 36.0 Å². The summed E-state index contributed by atoms with van der Waals surface area (Å²) in [5.41, 5.74) is 25.4. The number of hydrogen-bond donors (Lipinski definition) is 14. The number of carbonyl (C=O) groups excluding carboxylic acids is 9. The van der Waals surface area contributed by atoms with Crippen molar-refractivity contribution in [3.63, 3.8) is 0 Å². The lowest BCUT2D eigenvalue weighted by atomic mass is 9.93. The molecule has 4 aromatic rings. The molecule has 1 fully saturated rings. The van der Waals surface area contributed by atoms with Crippen LogP contribution in [0.1, 0.15) is 89.3 Å². The average molecular weight is 1180 g/mol. The fourth-order valence-electron chi connectivity index (χ4n) is 9.53. The van der Waals surface area contributed by atoms with E-state index in [0.29, 0.717) is 35.3 Å². The summed E-state index contributed by atoms with van der Waals surface area (Å²) in [6.45, 7) is 7.06. The quantitative estimate of drug-likeness (QED) is 0.0264. The maximum absolute atomic E-state index is 14.7. The number of thioether (sulfide) groups is 1. The van der Waals surface area contributed by atoms with E-state index in [4.69, 9.17) is 17.2 Å². The predicted octanol–water partition coefficient (Wildman–Crippen LogP) is 0.547. The van der Waals surface area contributed by atoms with Gasteiger partial charge >= 0.3 is 0 Å². The molecule has 0 aliphatic carbocycles. The average Bonchev–Trinajstić information content (AvgIpc) is 3.32. The van der Waals surface area contributed by atoms with Gasteiger partial charge in [0.15, 0.2) is 5.96 Å². The number of carbonyl (C=O) groups is 9. The Labute approximate surface area is 494 Å². The molecule has 0 saturated carbocycles. The SMILES string of the molecule is CSCCC1NC(=O)[C@H](C(C)C)NC(=O)C(C(C)C)NC(=O)[C@H](Cc2ccc(O)cc2)NC(=O)C(Cc2ccccc2)NC(=O)[C@H](CCCN=C(N)N)NNCCC(=O)N[C@@H](CCCCN)C(=O)C(=O)[C@H](Cc2c[nH]c3ccccc23)NC1=O. The van der Waals surface area contributed by atoms with Crippen molar-refractivity contribution < 1.29 is 48.3 Å². The van der Waals surface area contributed by atoms with Crippen LogP contribution in [0.4, 0.5) is 0 Å². The molecule has 84 heavy (non-hydrogen) atoms. The van der Waals surface area contributed by atoms with Gasteiger partial charge in [0.25, 0.3) is 0 Å². The number of nitrogens with one attached hydrogen (secondary N) is 10. The minimum absolute atomic E-state index is 0.0345. The number of Topliss-reactive ketones (excluding diaryl/α,β-unsaturated/α-hetero) is 2. The first-order valence-corrected chi connectivity index (χ1v) is 29.9. The van der Waals surface area contributed by atoms with Crippen LogP contribution in [0.15, 0.2) is 90.1 Å². The monoisotopic (exact) mass is 1180 g/mol. The number of rotatable bonds is 19. The molecule has 25 heteroatoms. The fraction of sp³-hybridized carbons (Fsp3) is 0.492. The molecule has 1 aliphatic rings. The first kappa shape index (κ1) is 66.9. The number of ketones is 2. The van der Waals surface area contributed by atoms with Crippen LogP contribution in [0.5, 0.6) is 5.75 Å². The predicted molar refractivity (Wildman–Crippen MR) is 323 cm³/mol. The summed E-state index contributed by atoms with van der Waals surface area (Å²) >= 11 is 1.40. The molecule has 3 aromatic carbocycles. The molecule has 8 atom stereocenters. The van der Waals surface area contributed by atoms with E-state index in [1.165, 1.54) is 23.9 Å². The van der Waals surface area contributed by atoms with Gasteiger partial charge in [-0.25, -0.2) is 5.43 Å².